The summed E-state index contributed by atoms with van der Waals surface area (Å²) in [6, 6.07) is 0. The molecule has 0 spiro atoms. The summed E-state index contributed by atoms with van der Waals surface area (Å²) in [6.45, 7) is 6.18. The second kappa shape index (κ2) is 5.11. The molecule has 0 saturated heterocycles. The van der Waals surface area contributed by atoms with E-state index in [1.54, 1.807) is 0 Å². The number of nitrogens with one attached hydrogen (secondary N) is 1. The number of rotatable bonds is 5. The van der Waals surface area contributed by atoms with Gasteiger partial charge in [-0.2, -0.15) is 0 Å². The van der Waals surface area contributed by atoms with Crippen LogP contribution < -0.4 is 5.32 Å². The standard InChI is InChI=1S/C8H17NO3/c1-7(11)12-8(2,3)6-9-4-5-10/h9-10H,4-6H2,1-3H3. The highest BCUT2D eigenvalue weighted by Gasteiger charge is 2.19. The number of hydrogen-bond acceptors (Lipinski definition) is 4. The maximum atomic E-state index is 10.6. The number of hydrogen-bond donors (Lipinski definition) is 2. The largest absolute Gasteiger partial charge is 0.458 e. The summed E-state index contributed by atoms with van der Waals surface area (Å²) < 4.78 is 5.00. The van der Waals surface area contributed by atoms with Crippen molar-refractivity contribution in [1.29, 1.82) is 0 Å². The fourth-order valence-corrected chi connectivity index (χ4v) is 0.894. The van der Waals surface area contributed by atoms with Crippen molar-refractivity contribution in [3.05, 3.63) is 0 Å². The number of aliphatic hydroxyl groups is 1. The van der Waals surface area contributed by atoms with E-state index < -0.39 is 5.60 Å². The number of carbonyl (C=O) groups is 1. The first-order chi connectivity index (χ1) is 5.48. The van der Waals surface area contributed by atoms with Crippen LogP contribution in [0.15, 0.2) is 0 Å². The lowest BCUT2D eigenvalue weighted by Crippen LogP contribution is -2.39. The van der Waals surface area contributed by atoms with Crippen LogP contribution in [0.25, 0.3) is 0 Å². The first kappa shape index (κ1) is 11.4. The molecule has 0 bridgehead atoms. The van der Waals surface area contributed by atoms with Gasteiger partial charge in [-0.05, 0) is 13.8 Å². The Bertz CT molecular complexity index is 145. The van der Waals surface area contributed by atoms with Crippen LogP contribution in [-0.2, 0) is 9.53 Å². The van der Waals surface area contributed by atoms with Crippen LogP contribution in [0.5, 0.6) is 0 Å². The van der Waals surface area contributed by atoms with Crippen molar-refractivity contribution in [1.82, 2.24) is 5.32 Å². The molecule has 0 atom stereocenters. The van der Waals surface area contributed by atoms with E-state index in [0.29, 0.717) is 13.1 Å². The minimum absolute atomic E-state index is 0.0934. The molecule has 0 saturated carbocycles. The summed E-state index contributed by atoms with van der Waals surface area (Å²) in [6.07, 6.45) is 0. The zero-order valence-corrected chi connectivity index (χ0v) is 7.89. The molecule has 2 N–H and O–H groups in total. The minimum Gasteiger partial charge on any atom is -0.458 e. The number of esters is 1. The van der Waals surface area contributed by atoms with Crippen LogP contribution in [0, 0.1) is 0 Å². The van der Waals surface area contributed by atoms with E-state index in [2.05, 4.69) is 5.32 Å². The fraction of sp³-hybridized carbons (Fsp3) is 0.875. The lowest BCUT2D eigenvalue weighted by atomic mass is 10.1. The average Bonchev–Trinajstić information content (AvgIpc) is 1.84. The quantitative estimate of drug-likeness (QED) is 0.453. The Labute approximate surface area is 72.9 Å². The number of ether oxygens (including phenoxy) is 1. The van der Waals surface area contributed by atoms with Gasteiger partial charge in [0.25, 0.3) is 0 Å². The van der Waals surface area contributed by atoms with Gasteiger partial charge in [-0.3, -0.25) is 4.79 Å². The first-order valence-corrected chi connectivity index (χ1v) is 3.99. The lowest BCUT2D eigenvalue weighted by molar-refractivity contribution is -0.153. The van der Waals surface area contributed by atoms with E-state index in [1.165, 1.54) is 6.92 Å². The second-order valence-corrected chi connectivity index (χ2v) is 3.25. The van der Waals surface area contributed by atoms with Gasteiger partial charge in [-0.25, -0.2) is 0 Å². The van der Waals surface area contributed by atoms with Gasteiger partial charge in [0, 0.05) is 20.0 Å². The molecule has 0 rings (SSSR count). The summed E-state index contributed by atoms with van der Waals surface area (Å²) in [5.74, 6) is -0.286. The zero-order valence-electron chi connectivity index (χ0n) is 7.89. The van der Waals surface area contributed by atoms with E-state index in [0.717, 1.165) is 0 Å². The van der Waals surface area contributed by atoms with E-state index in [9.17, 15) is 4.79 Å². The lowest BCUT2D eigenvalue weighted by Gasteiger charge is -2.24. The topological polar surface area (TPSA) is 58.6 Å². The van der Waals surface area contributed by atoms with Gasteiger partial charge < -0.3 is 15.2 Å². The molecule has 12 heavy (non-hydrogen) atoms. The van der Waals surface area contributed by atoms with Gasteiger partial charge >= 0.3 is 5.97 Å². The summed E-state index contributed by atoms with van der Waals surface area (Å²) in [4.78, 5) is 10.6. The van der Waals surface area contributed by atoms with Crippen LogP contribution in [0.2, 0.25) is 0 Å². The predicted octanol–water partition coefficient (Wildman–Crippen LogP) is -0.0900. The van der Waals surface area contributed by atoms with Crippen LogP contribution in [0.1, 0.15) is 20.8 Å². The van der Waals surface area contributed by atoms with Crippen LogP contribution in [0.3, 0.4) is 0 Å². The maximum absolute atomic E-state index is 10.6. The van der Waals surface area contributed by atoms with Gasteiger partial charge in [-0.1, -0.05) is 0 Å². The van der Waals surface area contributed by atoms with E-state index in [1.807, 2.05) is 13.8 Å². The molecule has 0 aliphatic rings. The van der Waals surface area contributed by atoms with Crippen molar-refractivity contribution in [2.24, 2.45) is 0 Å². The molecule has 0 aliphatic heterocycles. The van der Waals surface area contributed by atoms with Crippen LogP contribution in [-0.4, -0.2) is 36.4 Å². The molecule has 0 aromatic carbocycles. The highest BCUT2D eigenvalue weighted by molar-refractivity contribution is 5.66. The molecule has 4 nitrogen and oxygen atoms in total. The Hall–Kier alpha value is -0.610. The Morgan fingerprint density at radius 2 is 2.17 bits per heavy atom. The smallest absolute Gasteiger partial charge is 0.303 e. The average molecular weight is 175 g/mol. The van der Waals surface area contributed by atoms with E-state index in [4.69, 9.17) is 9.84 Å². The van der Waals surface area contributed by atoms with Crippen LogP contribution in [0.4, 0.5) is 0 Å². The molecule has 4 heteroatoms. The molecule has 0 aromatic heterocycles. The van der Waals surface area contributed by atoms with Gasteiger partial charge in [0.05, 0.1) is 6.61 Å². The molecular formula is C8H17NO3. The molecular weight excluding hydrogens is 158 g/mol. The first-order valence-electron chi connectivity index (χ1n) is 3.99. The second-order valence-electron chi connectivity index (χ2n) is 3.25. The van der Waals surface area contributed by atoms with E-state index in [-0.39, 0.29) is 12.6 Å². The molecule has 0 radical (unpaired) electrons. The SMILES string of the molecule is CC(=O)OC(C)(C)CNCCO. The minimum atomic E-state index is -0.499. The maximum Gasteiger partial charge on any atom is 0.303 e. The fourth-order valence-electron chi connectivity index (χ4n) is 0.894. The molecule has 72 valence electrons. The van der Waals surface area contributed by atoms with Gasteiger partial charge in [0.1, 0.15) is 5.60 Å². The zero-order chi connectivity index (χ0) is 9.61. The molecule has 0 unspecified atom stereocenters. The Kier molecular flexibility index (Phi) is 4.85. The van der Waals surface area contributed by atoms with Crippen molar-refractivity contribution in [2.45, 2.75) is 26.4 Å². The van der Waals surface area contributed by atoms with Crippen molar-refractivity contribution in [3.63, 3.8) is 0 Å². The summed E-state index contributed by atoms with van der Waals surface area (Å²) >= 11 is 0. The summed E-state index contributed by atoms with van der Waals surface area (Å²) in [5.41, 5.74) is -0.499. The summed E-state index contributed by atoms with van der Waals surface area (Å²) in [5, 5.41) is 11.4. The van der Waals surface area contributed by atoms with Crippen molar-refractivity contribution < 1.29 is 14.6 Å². The normalized spacial score (nSPS) is 11.3. The molecule has 0 amide bonds. The highest BCUT2D eigenvalue weighted by Crippen LogP contribution is 2.06. The molecule has 0 fully saturated rings. The number of carbonyl (C=O) groups excluding carboxylic acids is 1. The third kappa shape index (κ3) is 6.12. The van der Waals surface area contributed by atoms with Crippen LogP contribution >= 0.6 is 0 Å². The van der Waals surface area contributed by atoms with Crippen molar-refractivity contribution in [3.8, 4) is 0 Å². The molecule has 0 aromatic rings. The van der Waals surface area contributed by atoms with Gasteiger partial charge in [-0.15, -0.1) is 0 Å². The van der Waals surface area contributed by atoms with Crippen molar-refractivity contribution >= 4 is 5.97 Å². The Morgan fingerprint density at radius 3 is 2.58 bits per heavy atom. The predicted molar refractivity (Wildman–Crippen MR) is 45.8 cm³/mol. The summed E-state index contributed by atoms with van der Waals surface area (Å²) in [7, 11) is 0. The highest BCUT2D eigenvalue weighted by atomic mass is 16.6. The molecule has 0 aliphatic carbocycles. The molecule has 0 heterocycles. The Balaban J connectivity index is 3.63. The van der Waals surface area contributed by atoms with Gasteiger partial charge in [0.15, 0.2) is 0 Å². The number of aliphatic hydroxyl groups excluding tert-OH is 1. The van der Waals surface area contributed by atoms with Gasteiger partial charge in [0.2, 0.25) is 0 Å². The third-order valence-corrected chi connectivity index (χ3v) is 1.26. The third-order valence-electron chi connectivity index (χ3n) is 1.26. The Morgan fingerprint density at radius 1 is 1.58 bits per heavy atom. The van der Waals surface area contributed by atoms with E-state index >= 15 is 0 Å². The van der Waals surface area contributed by atoms with Crippen molar-refractivity contribution in [2.75, 3.05) is 19.7 Å². The monoisotopic (exact) mass is 175 g/mol.